The van der Waals surface area contributed by atoms with Crippen LogP contribution in [0.25, 0.3) is 0 Å². The first kappa shape index (κ1) is 42.9. The van der Waals surface area contributed by atoms with Crippen LogP contribution in [0.15, 0.2) is 77.8 Å². The fraction of sp³-hybridized carbons (Fsp3) is 0.450. The molecule has 4 aromatic rings. The molecule has 0 aliphatic rings. The summed E-state index contributed by atoms with van der Waals surface area (Å²) in [5.74, 6) is -0.0244. The molecule has 0 saturated carbocycles. The highest BCUT2D eigenvalue weighted by atomic mass is 32.1. The standard InChI is InChI=1S/C40H53N7O6S2/c1-29(2)38-43-34(26-54-38)24-47(4)39(50)45-36(17-18-46(3)19-20-52-28-48)37(49)42-32(21-30-11-7-5-8-12-30)15-16-33(22-31-13-9-6-10-14-31)44-40(51)53-25-35-23-41-27-55-35/h5-14,23,26-29,32-33,36H,15-22,24-25H2,1-4H3,(H,42,49)(H,44,51)(H,45,50)/t32-,33-,36+/m1/s1. The highest BCUT2D eigenvalue weighted by molar-refractivity contribution is 7.09. The highest BCUT2D eigenvalue weighted by Gasteiger charge is 2.27. The molecule has 0 radical (unpaired) electrons. The van der Waals surface area contributed by atoms with Crippen molar-refractivity contribution in [3.8, 4) is 0 Å². The molecule has 0 aliphatic carbocycles. The lowest BCUT2D eigenvalue weighted by Crippen LogP contribution is -2.53. The Bertz CT molecular complexity index is 1730. The van der Waals surface area contributed by atoms with Crippen LogP contribution in [-0.2, 0) is 45.1 Å². The Balaban J connectivity index is 1.48. The van der Waals surface area contributed by atoms with Crippen molar-refractivity contribution >= 4 is 47.2 Å². The number of alkyl carbamates (subject to hydrolysis) is 1. The molecule has 4 amide bonds. The molecular weight excluding hydrogens is 739 g/mol. The lowest BCUT2D eigenvalue weighted by Gasteiger charge is -2.28. The zero-order chi connectivity index (χ0) is 39.4. The van der Waals surface area contributed by atoms with Crippen molar-refractivity contribution in [1.82, 2.24) is 35.7 Å². The van der Waals surface area contributed by atoms with E-state index in [-0.39, 0.29) is 37.1 Å². The van der Waals surface area contributed by atoms with E-state index in [9.17, 15) is 19.2 Å². The average molecular weight is 792 g/mol. The van der Waals surface area contributed by atoms with Crippen LogP contribution in [-0.4, -0.2) is 96.2 Å². The van der Waals surface area contributed by atoms with Gasteiger partial charge in [0.05, 0.1) is 27.6 Å². The number of likely N-dealkylation sites (N-methyl/N-ethyl adjacent to an activating group) is 1. The largest absolute Gasteiger partial charge is 0.467 e. The SMILES string of the molecule is CC(C)c1nc(CN(C)C(=O)N[C@@H](CCN(C)CCOC=O)C(=O)N[C@H](CC[C@H](Cc2ccccc2)NC(=O)OCc2cncs2)Cc2ccccc2)cs1. The van der Waals surface area contributed by atoms with Gasteiger partial charge in [-0.3, -0.25) is 14.6 Å². The number of hydrogen-bond acceptors (Lipinski definition) is 11. The molecule has 15 heteroatoms. The minimum atomic E-state index is -0.857. The first-order chi connectivity index (χ1) is 26.6. The van der Waals surface area contributed by atoms with E-state index in [0.717, 1.165) is 26.7 Å². The smallest absolute Gasteiger partial charge is 0.407 e. The number of urea groups is 1. The number of hydrogen-bond donors (Lipinski definition) is 3. The number of nitrogens with one attached hydrogen (secondary N) is 3. The lowest BCUT2D eigenvalue weighted by molar-refractivity contribution is -0.129. The second-order valence-electron chi connectivity index (χ2n) is 13.8. The van der Waals surface area contributed by atoms with Gasteiger partial charge >= 0.3 is 12.1 Å². The number of rotatable bonds is 23. The van der Waals surface area contributed by atoms with Gasteiger partial charge in [0.15, 0.2) is 0 Å². The highest BCUT2D eigenvalue weighted by Crippen LogP contribution is 2.20. The van der Waals surface area contributed by atoms with Crippen LogP contribution in [0.2, 0.25) is 0 Å². The van der Waals surface area contributed by atoms with E-state index in [1.54, 1.807) is 30.1 Å². The van der Waals surface area contributed by atoms with Crippen LogP contribution < -0.4 is 16.0 Å². The number of thiazole rings is 2. The maximum absolute atomic E-state index is 14.2. The number of amides is 4. The van der Waals surface area contributed by atoms with Crippen molar-refractivity contribution in [3.05, 3.63) is 104 Å². The summed E-state index contributed by atoms with van der Waals surface area (Å²) >= 11 is 2.98. The fourth-order valence-corrected chi connectivity index (χ4v) is 7.16. The predicted molar refractivity (Wildman–Crippen MR) is 215 cm³/mol. The van der Waals surface area contributed by atoms with Gasteiger partial charge in [0, 0.05) is 49.7 Å². The van der Waals surface area contributed by atoms with E-state index < -0.39 is 18.2 Å². The summed E-state index contributed by atoms with van der Waals surface area (Å²) in [4.78, 5) is 64.4. The Kier molecular flexibility index (Phi) is 18.0. The van der Waals surface area contributed by atoms with E-state index >= 15 is 0 Å². The number of carbonyl (C=O) groups is 4. The van der Waals surface area contributed by atoms with Gasteiger partial charge in [-0.05, 0) is 50.3 Å². The summed E-state index contributed by atoms with van der Waals surface area (Å²) in [6.07, 6.45) is 3.68. The van der Waals surface area contributed by atoms with E-state index in [2.05, 4.69) is 39.8 Å². The summed E-state index contributed by atoms with van der Waals surface area (Å²) in [5, 5.41) is 12.2. The minimum Gasteiger partial charge on any atom is -0.467 e. The molecule has 0 unspecified atom stereocenters. The van der Waals surface area contributed by atoms with Crippen LogP contribution in [0, 0.1) is 0 Å². The van der Waals surface area contributed by atoms with Crippen molar-refractivity contribution in [3.63, 3.8) is 0 Å². The molecule has 13 nitrogen and oxygen atoms in total. The molecule has 3 atom stereocenters. The summed E-state index contributed by atoms with van der Waals surface area (Å²) in [6.45, 7) is 6.15. The molecule has 0 spiro atoms. The molecule has 4 rings (SSSR count). The number of aromatic nitrogens is 2. The maximum Gasteiger partial charge on any atom is 0.407 e. The molecule has 3 N–H and O–H groups in total. The Morgan fingerprint density at radius 1 is 0.855 bits per heavy atom. The maximum atomic E-state index is 14.2. The Morgan fingerprint density at radius 2 is 1.51 bits per heavy atom. The van der Waals surface area contributed by atoms with E-state index in [0.29, 0.717) is 58.2 Å². The summed E-state index contributed by atoms with van der Waals surface area (Å²) in [6, 6.07) is 18.0. The molecule has 2 aromatic heterocycles. The predicted octanol–water partition coefficient (Wildman–Crippen LogP) is 5.77. The van der Waals surface area contributed by atoms with Crippen LogP contribution in [0.4, 0.5) is 9.59 Å². The molecular formula is C40H53N7O6S2. The van der Waals surface area contributed by atoms with Gasteiger partial charge in [0.2, 0.25) is 5.91 Å². The summed E-state index contributed by atoms with van der Waals surface area (Å²) < 4.78 is 10.4. The second-order valence-corrected chi connectivity index (χ2v) is 15.7. The van der Waals surface area contributed by atoms with Crippen molar-refractivity contribution in [1.29, 1.82) is 0 Å². The number of carbonyl (C=O) groups excluding carboxylic acids is 4. The average Bonchev–Trinajstić information content (AvgIpc) is 3.88. The first-order valence-corrected chi connectivity index (χ1v) is 20.2. The number of ether oxygens (including phenoxy) is 2. The molecule has 0 bridgehead atoms. The zero-order valence-electron chi connectivity index (χ0n) is 32.0. The molecule has 2 aromatic carbocycles. The second kappa shape index (κ2) is 23.1. The van der Waals surface area contributed by atoms with E-state index in [1.807, 2.05) is 78.0 Å². The van der Waals surface area contributed by atoms with Gasteiger partial charge in [-0.1, -0.05) is 74.5 Å². The quantitative estimate of drug-likeness (QED) is 0.0627. The first-order valence-electron chi connectivity index (χ1n) is 18.5. The zero-order valence-corrected chi connectivity index (χ0v) is 33.7. The van der Waals surface area contributed by atoms with Gasteiger partial charge in [0.25, 0.3) is 6.47 Å². The van der Waals surface area contributed by atoms with Crippen LogP contribution in [0.1, 0.15) is 65.7 Å². The lowest BCUT2D eigenvalue weighted by atomic mass is 9.95. The number of nitrogens with zero attached hydrogens (tertiary/aromatic N) is 4. The molecule has 296 valence electrons. The third kappa shape index (κ3) is 15.8. The van der Waals surface area contributed by atoms with Crippen molar-refractivity contribution < 1.29 is 28.7 Å². The van der Waals surface area contributed by atoms with Gasteiger partial charge in [-0.15, -0.1) is 22.7 Å². The molecule has 0 aliphatic heterocycles. The topological polar surface area (TPSA) is 155 Å². The molecule has 0 saturated heterocycles. The summed E-state index contributed by atoms with van der Waals surface area (Å²) in [5.41, 5.74) is 4.59. The van der Waals surface area contributed by atoms with Crippen molar-refractivity contribution in [2.75, 3.05) is 33.8 Å². The monoisotopic (exact) mass is 791 g/mol. The fourth-order valence-electron chi connectivity index (χ4n) is 5.83. The van der Waals surface area contributed by atoms with E-state index in [1.165, 1.54) is 16.2 Å². The Labute approximate surface area is 331 Å². The van der Waals surface area contributed by atoms with Gasteiger partial charge < -0.3 is 35.2 Å². The third-order valence-corrected chi connectivity index (χ3v) is 10.8. The van der Waals surface area contributed by atoms with Crippen molar-refractivity contribution in [2.24, 2.45) is 0 Å². The molecule has 55 heavy (non-hydrogen) atoms. The molecule has 0 fully saturated rings. The number of benzene rings is 2. The summed E-state index contributed by atoms with van der Waals surface area (Å²) in [7, 11) is 3.55. The third-order valence-electron chi connectivity index (χ3n) is 8.89. The van der Waals surface area contributed by atoms with E-state index in [4.69, 9.17) is 9.47 Å². The van der Waals surface area contributed by atoms with Gasteiger partial charge in [-0.2, -0.15) is 0 Å². The van der Waals surface area contributed by atoms with Crippen LogP contribution >= 0.6 is 22.7 Å². The Morgan fingerprint density at radius 3 is 2.09 bits per heavy atom. The Hall–Kier alpha value is -4.86. The minimum absolute atomic E-state index is 0.131. The van der Waals surface area contributed by atoms with Crippen LogP contribution in [0.5, 0.6) is 0 Å². The normalized spacial score (nSPS) is 12.8. The van der Waals surface area contributed by atoms with Crippen LogP contribution in [0.3, 0.4) is 0 Å². The van der Waals surface area contributed by atoms with Gasteiger partial charge in [-0.25, -0.2) is 14.6 Å². The molecule has 2 heterocycles. The van der Waals surface area contributed by atoms with Crippen molar-refractivity contribution in [2.45, 2.75) is 83.1 Å². The van der Waals surface area contributed by atoms with Gasteiger partial charge in [0.1, 0.15) is 19.3 Å².